The highest BCUT2D eigenvalue weighted by Crippen LogP contribution is 2.17. The SMILES string of the molecule is CC1CCCN(CCCOc2cccc(C(N)=S)c2)CC1. The Hall–Kier alpha value is -1.13. The maximum Gasteiger partial charge on any atom is 0.119 e. The Morgan fingerprint density at radius 2 is 2.24 bits per heavy atom. The van der Waals surface area contributed by atoms with E-state index in [0.717, 1.165) is 36.8 Å². The molecule has 0 aromatic heterocycles. The molecule has 116 valence electrons. The van der Waals surface area contributed by atoms with E-state index in [0.29, 0.717) is 4.99 Å². The summed E-state index contributed by atoms with van der Waals surface area (Å²) in [7, 11) is 0. The van der Waals surface area contributed by atoms with Crippen LogP contribution in [0.1, 0.15) is 38.2 Å². The third-order valence-corrected chi connectivity index (χ3v) is 4.35. The second-order valence-corrected chi connectivity index (χ2v) is 6.41. The van der Waals surface area contributed by atoms with E-state index in [4.69, 9.17) is 22.7 Å². The van der Waals surface area contributed by atoms with Crippen LogP contribution in [0.2, 0.25) is 0 Å². The Morgan fingerprint density at radius 1 is 1.38 bits per heavy atom. The van der Waals surface area contributed by atoms with Crippen molar-refractivity contribution in [1.82, 2.24) is 4.90 Å². The minimum atomic E-state index is 0.416. The topological polar surface area (TPSA) is 38.5 Å². The third-order valence-electron chi connectivity index (χ3n) is 4.12. The molecule has 0 bridgehead atoms. The van der Waals surface area contributed by atoms with E-state index in [1.165, 1.54) is 32.4 Å². The molecule has 3 nitrogen and oxygen atoms in total. The first-order valence-corrected chi connectivity index (χ1v) is 8.31. The highest BCUT2D eigenvalue weighted by atomic mass is 32.1. The van der Waals surface area contributed by atoms with Crippen LogP contribution >= 0.6 is 12.2 Å². The summed E-state index contributed by atoms with van der Waals surface area (Å²) < 4.78 is 5.80. The predicted octanol–water partition coefficient (Wildman–Crippen LogP) is 3.21. The Labute approximate surface area is 133 Å². The van der Waals surface area contributed by atoms with E-state index < -0.39 is 0 Å². The number of thiocarbonyl (C=S) groups is 1. The van der Waals surface area contributed by atoms with Gasteiger partial charge in [-0.2, -0.15) is 0 Å². The van der Waals surface area contributed by atoms with Gasteiger partial charge in [0.2, 0.25) is 0 Å². The number of hydrogen-bond donors (Lipinski definition) is 1. The van der Waals surface area contributed by atoms with Gasteiger partial charge in [-0.05, 0) is 56.8 Å². The van der Waals surface area contributed by atoms with Crippen LogP contribution in [0.3, 0.4) is 0 Å². The van der Waals surface area contributed by atoms with Crippen LogP contribution in [0.25, 0.3) is 0 Å². The molecule has 1 aromatic carbocycles. The highest BCUT2D eigenvalue weighted by molar-refractivity contribution is 7.80. The zero-order valence-corrected chi connectivity index (χ0v) is 13.7. The lowest BCUT2D eigenvalue weighted by Gasteiger charge is -2.19. The van der Waals surface area contributed by atoms with E-state index in [1.54, 1.807) is 0 Å². The van der Waals surface area contributed by atoms with Crippen LogP contribution < -0.4 is 10.5 Å². The van der Waals surface area contributed by atoms with Crippen molar-refractivity contribution in [2.24, 2.45) is 11.7 Å². The Kier molecular flexibility index (Phi) is 6.46. The van der Waals surface area contributed by atoms with Gasteiger partial charge in [0.15, 0.2) is 0 Å². The average molecular weight is 306 g/mol. The molecule has 2 rings (SSSR count). The molecule has 1 saturated heterocycles. The van der Waals surface area contributed by atoms with Crippen molar-refractivity contribution in [3.05, 3.63) is 29.8 Å². The number of ether oxygens (including phenoxy) is 1. The highest BCUT2D eigenvalue weighted by Gasteiger charge is 2.13. The first-order valence-electron chi connectivity index (χ1n) is 7.90. The van der Waals surface area contributed by atoms with Gasteiger partial charge in [-0.1, -0.05) is 31.3 Å². The van der Waals surface area contributed by atoms with Crippen molar-refractivity contribution in [3.8, 4) is 5.75 Å². The van der Waals surface area contributed by atoms with Crippen LogP contribution in [0.15, 0.2) is 24.3 Å². The van der Waals surface area contributed by atoms with Crippen molar-refractivity contribution >= 4 is 17.2 Å². The first-order chi connectivity index (χ1) is 10.1. The molecule has 4 heteroatoms. The summed E-state index contributed by atoms with van der Waals surface area (Å²) in [5, 5.41) is 0. The standard InChI is InChI=1S/C17H26N2OS/c1-14-5-3-9-19(11-8-14)10-4-12-20-16-7-2-6-15(13-16)17(18)21/h2,6-7,13-14H,3-5,8-12H2,1H3,(H2,18,21). The minimum absolute atomic E-state index is 0.416. The lowest BCUT2D eigenvalue weighted by Crippen LogP contribution is -2.27. The summed E-state index contributed by atoms with van der Waals surface area (Å²) in [6, 6.07) is 7.71. The Morgan fingerprint density at radius 3 is 3.05 bits per heavy atom. The van der Waals surface area contributed by atoms with E-state index >= 15 is 0 Å². The van der Waals surface area contributed by atoms with Crippen molar-refractivity contribution < 1.29 is 4.74 Å². The van der Waals surface area contributed by atoms with Gasteiger partial charge in [-0.3, -0.25) is 0 Å². The van der Waals surface area contributed by atoms with Gasteiger partial charge < -0.3 is 15.4 Å². The van der Waals surface area contributed by atoms with Crippen molar-refractivity contribution in [2.45, 2.75) is 32.6 Å². The number of nitrogens with two attached hydrogens (primary N) is 1. The van der Waals surface area contributed by atoms with Crippen molar-refractivity contribution in [2.75, 3.05) is 26.2 Å². The maximum absolute atomic E-state index is 5.80. The van der Waals surface area contributed by atoms with E-state index in [1.807, 2.05) is 24.3 Å². The number of nitrogens with zero attached hydrogens (tertiary/aromatic N) is 1. The first kappa shape index (κ1) is 16.2. The van der Waals surface area contributed by atoms with Crippen LogP contribution in [0, 0.1) is 5.92 Å². The van der Waals surface area contributed by atoms with Gasteiger partial charge in [0.25, 0.3) is 0 Å². The summed E-state index contributed by atoms with van der Waals surface area (Å²) in [5.74, 6) is 1.74. The molecule has 1 atom stereocenters. The van der Waals surface area contributed by atoms with Crippen LogP contribution in [0.4, 0.5) is 0 Å². The molecule has 21 heavy (non-hydrogen) atoms. The quantitative estimate of drug-likeness (QED) is 0.647. The van der Waals surface area contributed by atoms with Crippen molar-refractivity contribution in [3.63, 3.8) is 0 Å². The molecule has 0 spiro atoms. The molecular formula is C17H26N2OS. The lowest BCUT2D eigenvalue weighted by atomic mass is 10.0. The summed E-state index contributed by atoms with van der Waals surface area (Å²) in [6.45, 7) is 6.70. The van der Waals surface area contributed by atoms with Gasteiger partial charge >= 0.3 is 0 Å². The van der Waals surface area contributed by atoms with Gasteiger partial charge in [0.1, 0.15) is 10.7 Å². The molecule has 2 N–H and O–H groups in total. The summed E-state index contributed by atoms with van der Waals surface area (Å²) in [6.07, 6.45) is 5.10. The zero-order chi connectivity index (χ0) is 15.1. The minimum Gasteiger partial charge on any atom is -0.494 e. The molecule has 1 unspecified atom stereocenters. The normalized spacial score (nSPS) is 20.0. The fourth-order valence-electron chi connectivity index (χ4n) is 2.76. The Balaban J connectivity index is 1.69. The average Bonchev–Trinajstić information content (AvgIpc) is 2.69. The maximum atomic E-state index is 5.80. The zero-order valence-electron chi connectivity index (χ0n) is 12.9. The molecule has 0 saturated carbocycles. The second kappa shape index (κ2) is 8.35. The predicted molar refractivity (Wildman–Crippen MR) is 91.9 cm³/mol. The van der Waals surface area contributed by atoms with Crippen LogP contribution in [-0.2, 0) is 0 Å². The van der Waals surface area contributed by atoms with Gasteiger partial charge in [-0.15, -0.1) is 0 Å². The number of benzene rings is 1. The number of rotatable bonds is 6. The lowest BCUT2D eigenvalue weighted by molar-refractivity contribution is 0.238. The number of likely N-dealkylation sites (tertiary alicyclic amines) is 1. The summed E-state index contributed by atoms with van der Waals surface area (Å²) >= 11 is 4.98. The molecule has 1 aliphatic rings. The fraction of sp³-hybridized carbons (Fsp3) is 0.588. The number of hydrogen-bond acceptors (Lipinski definition) is 3. The van der Waals surface area contributed by atoms with Gasteiger partial charge in [-0.25, -0.2) is 0 Å². The molecule has 1 fully saturated rings. The van der Waals surface area contributed by atoms with E-state index in [-0.39, 0.29) is 0 Å². The van der Waals surface area contributed by atoms with Gasteiger partial charge in [0, 0.05) is 12.1 Å². The molecule has 0 aliphatic carbocycles. The summed E-state index contributed by atoms with van der Waals surface area (Å²) in [5.41, 5.74) is 6.49. The molecule has 0 radical (unpaired) electrons. The fourth-order valence-corrected chi connectivity index (χ4v) is 2.89. The molecule has 0 amide bonds. The monoisotopic (exact) mass is 306 g/mol. The largest absolute Gasteiger partial charge is 0.494 e. The smallest absolute Gasteiger partial charge is 0.119 e. The Bertz CT molecular complexity index is 464. The molecule has 1 heterocycles. The van der Waals surface area contributed by atoms with E-state index in [9.17, 15) is 0 Å². The van der Waals surface area contributed by atoms with Crippen LogP contribution in [-0.4, -0.2) is 36.1 Å². The molecule has 1 aromatic rings. The summed E-state index contributed by atoms with van der Waals surface area (Å²) in [4.78, 5) is 2.98. The molecular weight excluding hydrogens is 280 g/mol. The third kappa shape index (κ3) is 5.64. The van der Waals surface area contributed by atoms with Crippen LogP contribution in [0.5, 0.6) is 5.75 Å². The second-order valence-electron chi connectivity index (χ2n) is 5.97. The van der Waals surface area contributed by atoms with Gasteiger partial charge in [0.05, 0.1) is 6.61 Å². The van der Waals surface area contributed by atoms with Crippen molar-refractivity contribution in [1.29, 1.82) is 0 Å². The molecule has 1 aliphatic heterocycles. The van der Waals surface area contributed by atoms with E-state index in [2.05, 4.69) is 11.8 Å².